The van der Waals surface area contributed by atoms with Gasteiger partial charge in [-0.15, -0.1) is 15.2 Å². The number of amides is 1. The number of nitrogens with zero attached hydrogens (tertiary/aromatic N) is 5. The Bertz CT molecular complexity index is 1590. The lowest BCUT2D eigenvalue weighted by Crippen LogP contribution is -2.36. The van der Waals surface area contributed by atoms with Crippen LogP contribution in [0.5, 0.6) is 0 Å². The number of aromatic nitrogens is 2. The molecular formula is C30H36ClN7O9. The smallest absolute Gasteiger partial charge is 0.435 e. The van der Waals surface area contributed by atoms with Crippen LogP contribution in [0.3, 0.4) is 0 Å². The van der Waals surface area contributed by atoms with Crippen molar-refractivity contribution in [1.82, 2.24) is 14.7 Å². The molecule has 0 radical (unpaired) electrons. The van der Waals surface area contributed by atoms with Gasteiger partial charge in [-0.25, -0.2) is 20.4 Å². The summed E-state index contributed by atoms with van der Waals surface area (Å²) in [7, 11) is 0. The molecule has 0 saturated carbocycles. The van der Waals surface area contributed by atoms with Crippen LogP contribution in [0.15, 0.2) is 53.6 Å². The highest BCUT2D eigenvalue weighted by Crippen LogP contribution is 2.26. The van der Waals surface area contributed by atoms with Gasteiger partial charge in [0.1, 0.15) is 12.4 Å². The topological polar surface area (TPSA) is 217 Å². The minimum absolute atomic E-state index is 0.0151. The predicted molar refractivity (Wildman–Crippen MR) is 169 cm³/mol. The average molecular weight is 674 g/mol. The molecule has 0 aliphatic carbocycles. The van der Waals surface area contributed by atoms with Gasteiger partial charge in [0.15, 0.2) is 16.7 Å². The van der Waals surface area contributed by atoms with Gasteiger partial charge in [0.2, 0.25) is 6.29 Å². The van der Waals surface area contributed by atoms with E-state index in [1.54, 1.807) is 29.7 Å². The maximum Gasteiger partial charge on any atom is 0.511 e. The molecule has 0 saturated heterocycles. The second-order valence-electron chi connectivity index (χ2n) is 9.90. The number of esters is 1. The highest BCUT2D eigenvalue weighted by Gasteiger charge is 2.26. The van der Waals surface area contributed by atoms with Crippen molar-refractivity contribution < 1.29 is 38.5 Å². The lowest BCUT2D eigenvalue weighted by atomic mass is 9.98. The number of hydrazone groups is 1. The van der Waals surface area contributed by atoms with Crippen molar-refractivity contribution in [2.24, 2.45) is 16.7 Å². The van der Waals surface area contributed by atoms with Crippen molar-refractivity contribution in [2.75, 3.05) is 13.2 Å². The van der Waals surface area contributed by atoms with Crippen molar-refractivity contribution in [1.29, 1.82) is 0 Å². The fourth-order valence-electron chi connectivity index (χ4n) is 4.35. The first-order valence-electron chi connectivity index (χ1n) is 14.6. The number of rotatable bonds is 16. The van der Waals surface area contributed by atoms with Gasteiger partial charge in [0.25, 0.3) is 11.0 Å². The fourth-order valence-corrected chi connectivity index (χ4v) is 4.63. The number of nitrogens with two attached hydrogens (primary N) is 2. The first-order valence-corrected chi connectivity index (χ1v) is 15.0. The summed E-state index contributed by atoms with van der Waals surface area (Å²) in [5, 5.41) is 13.7. The van der Waals surface area contributed by atoms with Crippen LogP contribution >= 0.6 is 11.6 Å². The molecule has 17 heteroatoms. The van der Waals surface area contributed by atoms with Crippen LogP contribution in [0.2, 0.25) is 5.15 Å². The molecule has 2 aromatic carbocycles. The summed E-state index contributed by atoms with van der Waals surface area (Å²) in [5.41, 5.74) is 8.95. The number of hydrazine groups is 1. The summed E-state index contributed by atoms with van der Waals surface area (Å²) in [6.45, 7) is 4.88. The maximum absolute atomic E-state index is 13.2. The highest BCUT2D eigenvalue weighted by atomic mass is 35.5. The van der Waals surface area contributed by atoms with Gasteiger partial charge in [-0.2, -0.15) is 5.12 Å². The largest absolute Gasteiger partial charge is 0.511 e. The number of hydrogen-bond acceptors (Lipinski definition) is 12. The molecule has 0 aliphatic heterocycles. The first kappa shape index (κ1) is 36.3. The SMILES string of the molecule is CCCCc1nc(Cl)c(C(=O)OC(C)OC(=O)OCC)n1Cc1ccc(-c2ccccc2/C(N)=N/N(N)C(=O)CCO[N+](=O)[O-])cc1. The number of benzene rings is 2. The summed E-state index contributed by atoms with van der Waals surface area (Å²) in [4.78, 5) is 55.8. The second-order valence-corrected chi connectivity index (χ2v) is 10.3. The minimum atomic E-state index is -1.23. The molecule has 4 N–H and O–H groups in total. The number of ether oxygens (including phenoxy) is 3. The number of hydrogen-bond donors (Lipinski definition) is 2. The average Bonchev–Trinajstić information content (AvgIpc) is 3.34. The van der Waals surface area contributed by atoms with Crippen LogP contribution in [0.4, 0.5) is 4.79 Å². The van der Waals surface area contributed by atoms with Gasteiger partial charge in [-0.1, -0.05) is 73.5 Å². The molecule has 1 heterocycles. The number of imidazole rings is 1. The Kier molecular flexibility index (Phi) is 13.5. The van der Waals surface area contributed by atoms with Gasteiger partial charge in [0.05, 0.1) is 13.0 Å². The first-order chi connectivity index (χ1) is 22.4. The third-order valence-electron chi connectivity index (χ3n) is 6.54. The molecule has 3 aromatic rings. The number of carbonyl (C=O) groups excluding carboxylic acids is 3. The molecule has 1 aromatic heterocycles. The number of aryl methyl sites for hydroxylation is 1. The van der Waals surface area contributed by atoms with E-state index in [0.29, 0.717) is 28.5 Å². The molecule has 1 atom stereocenters. The van der Waals surface area contributed by atoms with Crippen LogP contribution in [0, 0.1) is 10.1 Å². The molecule has 252 valence electrons. The van der Waals surface area contributed by atoms with E-state index in [2.05, 4.69) is 14.9 Å². The van der Waals surface area contributed by atoms with Gasteiger partial charge in [-0.05, 0) is 30.0 Å². The normalized spacial score (nSPS) is 11.8. The van der Waals surface area contributed by atoms with Crippen molar-refractivity contribution >= 4 is 35.5 Å². The maximum atomic E-state index is 13.2. The summed E-state index contributed by atoms with van der Waals surface area (Å²) >= 11 is 6.42. The number of unbranched alkanes of at least 4 members (excludes halogenated alkanes) is 1. The molecule has 16 nitrogen and oxygen atoms in total. The van der Waals surface area contributed by atoms with Crippen LogP contribution in [-0.4, -0.2) is 63.1 Å². The Morgan fingerprint density at radius 1 is 1.13 bits per heavy atom. The Morgan fingerprint density at radius 3 is 2.49 bits per heavy atom. The lowest BCUT2D eigenvalue weighted by molar-refractivity contribution is -0.757. The summed E-state index contributed by atoms with van der Waals surface area (Å²) in [6.07, 6.45) is -0.323. The molecule has 0 bridgehead atoms. The van der Waals surface area contributed by atoms with Crippen molar-refractivity contribution in [3.05, 3.63) is 86.4 Å². The van der Waals surface area contributed by atoms with Crippen LogP contribution < -0.4 is 11.6 Å². The Hall–Kier alpha value is -5.22. The highest BCUT2D eigenvalue weighted by molar-refractivity contribution is 6.32. The monoisotopic (exact) mass is 673 g/mol. The van der Waals surface area contributed by atoms with Crippen LogP contribution in [0.25, 0.3) is 11.1 Å². The summed E-state index contributed by atoms with van der Waals surface area (Å²) in [5.74, 6) is 4.68. The standard InChI is InChI=1S/C30H36ClN7O9/c1-4-6-11-24-34-27(31)26(29(40)46-19(3)47-30(41)44-5-2)36(24)18-20-12-14-21(15-13-20)22-9-7-8-10-23(22)28(32)35-37(33)25(39)16-17-45-38(42)43/h7-10,12-15,19H,4-6,11,16-18,33H2,1-3H3,(H2,32,35). The van der Waals surface area contributed by atoms with Crippen molar-refractivity contribution in [3.63, 3.8) is 0 Å². The van der Waals surface area contributed by atoms with Crippen LogP contribution in [0.1, 0.15) is 67.5 Å². The Labute approximate surface area is 275 Å². The van der Waals surface area contributed by atoms with E-state index in [1.807, 2.05) is 37.3 Å². The quantitative estimate of drug-likeness (QED) is 0.0320. The molecule has 0 fully saturated rings. The van der Waals surface area contributed by atoms with E-state index >= 15 is 0 Å². The summed E-state index contributed by atoms with van der Waals surface area (Å²) in [6, 6.07) is 14.5. The zero-order chi connectivity index (χ0) is 34.5. The van der Waals surface area contributed by atoms with Gasteiger partial charge >= 0.3 is 12.1 Å². The fraction of sp³-hybridized carbons (Fsp3) is 0.367. The molecule has 0 spiro atoms. The van der Waals surface area contributed by atoms with Crippen molar-refractivity contribution in [3.8, 4) is 11.1 Å². The number of carbonyl (C=O) groups is 3. The molecule has 0 aliphatic rings. The lowest BCUT2D eigenvalue weighted by Gasteiger charge is -2.16. The zero-order valence-corrected chi connectivity index (χ0v) is 26.8. The Morgan fingerprint density at radius 2 is 1.83 bits per heavy atom. The van der Waals surface area contributed by atoms with Gasteiger partial charge in [-0.3, -0.25) is 4.79 Å². The Balaban J connectivity index is 1.84. The van der Waals surface area contributed by atoms with E-state index in [9.17, 15) is 24.5 Å². The number of halogens is 1. The van der Waals surface area contributed by atoms with Gasteiger partial charge in [0, 0.05) is 25.5 Å². The van der Waals surface area contributed by atoms with E-state index in [4.69, 9.17) is 37.4 Å². The van der Waals surface area contributed by atoms with E-state index in [1.165, 1.54) is 6.92 Å². The van der Waals surface area contributed by atoms with Gasteiger partial charge < -0.3 is 29.3 Å². The summed E-state index contributed by atoms with van der Waals surface area (Å²) < 4.78 is 16.7. The van der Waals surface area contributed by atoms with Crippen molar-refractivity contribution in [2.45, 2.75) is 59.3 Å². The van der Waals surface area contributed by atoms with Crippen LogP contribution in [-0.2, 0) is 36.8 Å². The molecule has 1 amide bonds. The van der Waals surface area contributed by atoms with E-state index in [-0.39, 0.29) is 36.3 Å². The third-order valence-corrected chi connectivity index (χ3v) is 6.80. The molecular weight excluding hydrogens is 638 g/mol. The third kappa shape index (κ3) is 10.4. The second kappa shape index (κ2) is 17.5. The molecule has 47 heavy (non-hydrogen) atoms. The molecule has 1 unspecified atom stereocenters. The van der Waals surface area contributed by atoms with E-state index < -0.39 is 36.0 Å². The zero-order valence-electron chi connectivity index (χ0n) is 26.1. The predicted octanol–water partition coefficient (Wildman–Crippen LogP) is 4.19. The minimum Gasteiger partial charge on any atom is -0.435 e. The molecule has 3 rings (SSSR count). The van der Waals surface area contributed by atoms with E-state index in [0.717, 1.165) is 24.0 Å². The number of amidine groups is 1.